The topological polar surface area (TPSA) is 113 Å². The first-order chi connectivity index (χ1) is 18.1. The molecular weight excluding hydrogens is 497 g/mol. The molecule has 1 aliphatic rings. The van der Waals surface area contributed by atoms with Crippen LogP contribution in [0, 0.1) is 12.7 Å². The van der Waals surface area contributed by atoms with Crippen LogP contribution in [-0.2, 0) is 4.74 Å². The van der Waals surface area contributed by atoms with Crippen LogP contribution >= 0.6 is 11.6 Å². The van der Waals surface area contributed by atoms with Crippen molar-refractivity contribution in [2.75, 3.05) is 41.9 Å². The minimum Gasteiger partial charge on any atom is -0.378 e. The van der Waals surface area contributed by atoms with Crippen LogP contribution in [0.4, 0.5) is 27.5 Å². The summed E-state index contributed by atoms with van der Waals surface area (Å²) in [6, 6.07) is 9.35. The minimum absolute atomic E-state index is 0.190. The van der Waals surface area contributed by atoms with Gasteiger partial charge in [-0.3, -0.25) is 4.98 Å². The summed E-state index contributed by atoms with van der Waals surface area (Å²) >= 11 is 6.55. The fraction of sp³-hybridized carbons (Fsp3) is 0.200. The third-order valence-electron chi connectivity index (χ3n) is 5.60. The molecule has 4 heterocycles. The third kappa shape index (κ3) is 5.96. The third-order valence-corrected chi connectivity index (χ3v) is 5.90. The highest BCUT2D eigenvalue weighted by Crippen LogP contribution is 2.33. The van der Waals surface area contributed by atoms with Gasteiger partial charge < -0.3 is 15.0 Å². The van der Waals surface area contributed by atoms with E-state index >= 15 is 0 Å². The second kappa shape index (κ2) is 11.2. The van der Waals surface area contributed by atoms with Crippen LogP contribution < -0.4 is 15.6 Å². The number of halogens is 2. The molecular formula is C25H23ClFN9O. The van der Waals surface area contributed by atoms with Crippen LogP contribution in [-0.4, -0.2) is 57.4 Å². The highest BCUT2D eigenvalue weighted by Gasteiger charge is 2.17. The maximum absolute atomic E-state index is 14.2. The normalized spacial score (nSPS) is 13.6. The molecule has 1 saturated heterocycles. The average Bonchev–Trinajstić information content (AvgIpc) is 2.91. The standard InChI is InChI=1S/C25H23ClFN9O/c1-16-10-19(11-20(26)23(16)22-4-5-28-15-31-22)33-18-3-2-17(29-12-18)13-32-35-25-30-14-21(27)24(34-25)36-6-8-37-9-7-36/h2-5,10-15,33H,6-9H2,1H3,(H,30,34,35)/b32-13+. The van der Waals surface area contributed by atoms with Crippen LogP contribution in [0.3, 0.4) is 0 Å². The van der Waals surface area contributed by atoms with Gasteiger partial charge in [-0.05, 0) is 42.8 Å². The Hall–Kier alpha value is -4.22. The van der Waals surface area contributed by atoms with Gasteiger partial charge in [-0.15, -0.1) is 0 Å². The highest BCUT2D eigenvalue weighted by atomic mass is 35.5. The number of morpholine rings is 1. The van der Waals surface area contributed by atoms with Gasteiger partial charge in [0.25, 0.3) is 0 Å². The molecule has 0 atom stereocenters. The van der Waals surface area contributed by atoms with E-state index < -0.39 is 5.82 Å². The Balaban J connectivity index is 1.22. The Morgan fingerprint density at radius 2 is 1.95 bits per heavy atom. The Kier molecular flexibility index (Phi) is 7.43. The lowest BCUT2D eigenvalue weighted by molar-refractivity contribution is 0.122. The van der Waals surface area contributed by atoms with Gasteiger partial charge in [0.2, 0.25) is 5.95 Å². The molecule has 188 valence electrons. The molecule has 0 amide bonds. The van der Waals surface area contributed by atoms with Gasteiger partial charge in [0, 0.05) is 30.5 Å². The van der Waals surface area contributed by atoms with E-state index in [0.717, 1.165) is 34.4 Å². The summed E-state index contributed by atoms with van der Waals surface area (Å²) < 4.78 is 19.5. The van der Waals surface area contributed by atoms with E-state index in [9.17, 15) is 4.39 Å². The number of nitrogens with one attached hydrogen (secondary N) is 2. The van der Waals surface area contributed by atoms with Gasteiger partial charge in [-0.2, -0.15) is 10.1 Å². The maximum atomic E-state index is 14.2. The van der Waals surface area contributed by atoms with Crippen molar-refractivity contribution >= 4 is 41.0 Å². The Labute approximate surface area is 217 Å². The number of nitrogens with zero attached hydrogens (tertiary/aromatic N) is 7. The molecule has 1 fully saturated rings. The lowest BCUT2D eigenvalue weighted by Gasteiger charge is -2.27. The van der Waals surface area contributed by atoms with Crippen molar-refractivity contribution in [1.29, 1.82) is 0 Å². The number of anilines is 4. The van der Waals surface area contributed by atoms with Crippen molar-refractivity contribution in [3.05, 3.63) is 77.3 Å². The number of benzene rings is 1. The Morgan fingerprint density at radius 1 is 1.08 bits per heavy atom. The molecule has 3 aromatic heterocycles. The number of hydrazone groups is 1. The molecule has 1 aliphatic heterocycles. The first kappa shape index (κ1) is 24.5. The number of hydrogen-bond donors (Lipinski definition) is 2. The molecule has 37 heavy (non-hydrogen) atoms. The van der Waals surface area contributed by atoms with Crippen molar-refractivity contribution in [2.45, 2.75) is 6.92 Å². The van der Waals surface area contributed by atoms with E-state index in [-0.39, 0.29) is 11.8 Å². The predicted molar refractivity (Wildman–Crippen MR) is 141 cm³/mol. The second-order valence-electron chi connectivity index (χ2n) is 8.18. The lowest BCUT2D eigenvalue weighted by atomic mass is 10.0. The second-order valence-corrected chi connectivity index (χ2v) is 8.58. The number of ether oxygens (including phenoxy) is 1. The number of aromatic nitrogens is 5. The minimum atomic E-state index is -0.485. The molecule has 0 unspecified atom stereocenters. The molecule has 0 spiro atoms. The van der Waals surface area contributed by atoms with Gasteiger partial charge in [-0.25, -0.2) is 24.8 Å². The van der Waals surface area contributed by atoms with Gasteiger partial charge >= 0.3 is 0 Å². The molecule has 12 heteroatoms. The summed E-state index contributed by atoms with van der Waals surface area (Å²) in [6.45, 7) is 4.18. The molecule has 2 N–H and O–H groups in total. The zero-order chi connectivity index (χ0) is 25.6. The van der Waals surface area contributed by atoms with E-state index in [1.165, 1.54) is 12.5 Å². The quantitative estimate of drug-likeness (QED) is 0.270. The van der Waals surface area contributed by atoms with E-state index in [1.807, 2.05) is 42.2 Å². The van der Waals surface area contributed by atoms with Gasteiger partial charge in [0.15, 0.2) is 11.6 Å². The van der Waals surface area contributed by atoms with Crippen LogP contribution in [0.2, 0.25) is 5.02 Å². The van der Waals surface area contributed by atoms with Crippen LogP contribution in [0.1, 0.15) is 11.3 Å². The fourth-order valence-electron chi connectivity index (χ4n) is 3.87. The molecule has 5 rings (SSSR count). The van der Waals surface area contributed by atoms with Gasteiger partial charge in [-0.1, -0.05) is 11.6 Å². The zero-order valence-corrected chi connectivity index (χ0v) is 20.7. The largest absolute Gasteiger partial charge is 0.378 e. The summed E-state index contributed by atoms with van der Waals surface area (Å²) in [5, 5.41) is 8.02. The summed E-state index contributed by atoms with van der Waals surface area (Å²) in [6.07, 6.45) is 7.53. The molecule has 0 aliphatic carbocycles. The summed E-state index contributed by atoms with van der Waals surface area (Å²) in [5.41, 5.74) is 7.58. The van der Waals surface area contributed by atoms with E-state index in [4.69, 9.17) is 16.3 Å². The highest BCUT2D eigenvalue weighted by molar-refractivity contribution is 6.33. The van der Waals surface area contributed by atoms with Gasteiger partial charge in [0.05, 0.1) is 53.9 Å². The molecule has 0 bridgehead atoms. The lowest BCUT2D eigenvalue weighted by Crippen LogP contribution is -2.37. The van der Waals surface area contributed by atoms with Crippen molar-refractivity contribution < 1.29 is 9.13 Å². The van der Waals surface area contributed by atoms with Crippen molar-refractivity contribution in [2.24, 2.45) is 5.10 Å². The van der Waals surface area contributed by atoms with Crippen LogP contribution in [0.15, 0.2) is 60.4 Å². The van der Waals surface area contributed by atoms with Crippen LogP contribution in [0.5, 0.6) is 0 Å². The van der Waals surface area contributed by atoms with E-state index in [2.05, 4.69) is 40.8 Å². The summed E-state index contributed by atoms with van der Waals surface area (Å²) in [4.78, 5) is 22.7. The zero-order valence-electron chi connectivity index (χ0n) is 19.9. The van der Waals surface area contributed by atoms with Crippen molar-refractivity contribution in [3.63, 3.8) is 0 Å². The predicted octanol–water partition coefficient (Wildman–Crippen LogP) is 4.46. The van der Waals surface area contributed by atoms with E-state index in [1.54, 1.807) is 12.4 Å². The first-order valence-electron chi connectivity index (χ1n) is 11.5. The fourth-order valence-corrected chi connectivity index (χ4v) is 4.23. The van der Waals surface area contributed by atoms with Gasteiger partial charge in [0.1, 0.15) is 6.33 Å². The SMILES string of the molecule is Cc1cc(Nc2ccc(/C=N/Nc3ncc(F)c(N4CCOCC4)n3)nc2)cc(Cl)c1-c1ccncn1. The summed E-state index contributed by atoms with van der Waals surface area (Å²) in [7, 11) is 0. The average molecular weight is 520 g/mol. The van der Waals surface area contributed by atoms with Crippen LogP contribution in [0.25, 0.3) is 11.3 Å². The van der Waals surface area contributed by atoms with Crippen molar-refractivity contribution in [3.8, 4) is 11.3 Å². The maximum Gasteiger partial charge on any atom is 0.245 e. The van der Waals surface area contributed by atoms with E-state index in [0.29, 0.717) is 37.0 Å². The van der Waals surface area contributed by atoms with Crippen molar-refractivity contribution in [1.82, 2.24) is 24.9 Å². The number of rotatable bonds is 7. The number of hydrogen-bond acceptors (Lipinski definition) is 10. The monoisotopic (exact) mass is 519 g/mol. The molecule has 0 radical (unpaired) electrons. The number of pyridine rings is 1. The molecule has 4 aromatic rings. The smallest absolute Gasteiger partial charge is 0.245 e. The molecule has 1 aromatic carbocycles. The number of aryl methyl sites for hydroxylation is 1. The Bertz CT molecular complexity index is 1370. The first-order valence-corrected chi connectivity index (χ1v) is 11.9. The Morgan fingerprint density at radius 3 is 2.68 bits per heavy atom. The molecule has 0 saturated carbocycles. The molecule has 10 nitrogen and oxygen atoms in total. The summed E-state index contributed by atoms with van der Waals surface area (Å²) in [5.74, 6) is -0.0682.